The van der Waals surface area contributed by atoms with E-state index in [1.807, 2.05) is 13.0 Å². The van der Waals surface area contributed by atoms with Crippen LogP contribution in [-0.2, 0) is 11.3 Å². The lowest BCUT2D eigenvalue weighted by atomic mass is 10.1. The van der Waals surface area contributed by atoms with E-state index < -0.39 is 0 Å². The molecule has 96 valence electrons. The van der Waals surface area contributed by atoms with Gasteiger partial charge in [-0.05, 0) is 25.1 Å². The van der Waals surface area contributed by atoms with E-state index in [4.69, 9.17) is 5.26 Å². The van der Waals surface area contributed by atoms with Crippen LogP contribution in [-0.4, -0.2) is 19.0 Å². The highest BCUT2D eigenvalue weighted by atomic mass is 19.1. The van der Waals surface area contributed by atoms with E-state index in [2.05, 4.69) is 10.6 Å². The van der Waals surface area contributed by atoms with Crippen LogP contribution in [0.4, 0.5) is 4.39 Å². The van der Waals surface area contributed by atoms with Gasteiger partial charge in [-0.3, -0.25) is 4.79 Å². The van der Waals surface area contributed by atoms with Crippen molar-refractivity contribution in [3.63, 3.8) is 0 Å². The summed E-state index contributed by atoms with van der Waals surface area (Å²) < 4.78 is 13.4. The van der Waals surface area contributed by atoms with E-state index in [1.54, 1.807) is 0 Å². The average Bonchev–Trinajstić information content (AvgIpc) is 2.37. The van der Waals surface area contributed by atoms with Gasteiger partial charge in [0, 0.05) is 31.6 Å². The second kappa shape index (κ2) is 7.41. The largest absolute Gasteiger partial charge is 0.356 e. The van der Waals surface area contributed by atoms with Gasteiger partial charge in [0.15, 0.2) is 0 Å². The fraction of sp³-hybridized carbons (Fsp3) is 0.385. The van der Waals surface area contributed by atoms with Gasteiger partial charge in [-0.15, -0.1) is 0 Å². The maximum absolute atomic E-state index is 13.4. The van der Waals surface area contributed by atoms with Crippen LogP contribution < -0.4 is 10.6 Å². The van der Waals surface area contributed by atoms with Crippen molar-refractivity contribution >= 4 is 5.91 Å². The maximum atomic E-state index is 13.4. The molecule has 0 atom stereocenters. The van der Waals surface area contributed by atoms with Crippen molar-refractivity contribution in [3.05, 3.63) is 35.1 Å². The Morgan fingerprint density at radius 3 is 2.94 bits per heavy atom. The van der Waals surface area contributed by atoms with Crippen molar-refractivity contribution in [1.82, 2.24) is 10.6 Å². The van der Waals surface area contributed by atoms with E-state index in [1.165, 1.54) is 18.2 Å². The third-order valence-electron chi connectivity index (χ3n) is 2.39. The quantitative estimate of drug-likeness (QED) is 0.747. The highest BCUT2D eigenvalue weighted by Gasteiger charge is 2.04. The fourth-order valence-corrected chi connectivity index (χ4v) is 1.49. The summed E-state index contributed by atoms with van der Waals surface area (Å²) in [6.45, 7) is 3.24. The molecule has 1 rings (SSSR count). The van der Waals surface area contributed by atoms with Crippen LogP contribution >= 0.6 is 0 Å². The molecular weight excluding hydrogens is 233 g/mol. The molecule has 1 aromatic carbocycles. The summed E-state index contributed by atoms with van der Waals surface area (Å²) in [5.74, 6) is -0.379. The minimum absolute atomic E-state index is 0.0313. The summed E-state index contributed by atoms with van der Waals surface area (Å²) in [5, 5.41) is 14.4. The molecule has 0 saturated carbocycles. The maximum Gasteiger partial charge on any atom is 0.221 e. The van der Waals surface area contributed by atoms with Crippen LogP contribution in [0.2, 0.25) is 0 Å². The molecule has 0 aromatic heterocycles. The van der Waals surface area contributed by atoms with Gasteiger partial charge in [-0.1, -0.05) is 0 Å². The van der Waals surface area contributed by atoms with Crippen molar-refractivity contribution in [2.45, 2.75) is 19.9 Å². The van der Waals surface area contributed by atoms with Crippen molar-refractivity contribution in [2.24, 2.45) is 0 Å². The van der Waals surface area contributed by atoms with Crippen LogP contribution in [0.25, 0.3) is 0 Å². The number of carbonyl (C=O) groups is 1. The molecule has 5 heteroatoms. The molecule has 0 aliphatic heterocycles. The molecule has 1 aromatic rings. The number of benzene rings is 1. The number of nitriles is 1. The first kappa shape index (κ1) is 14.1. The molecule has 0 spiro atoms. The Morgan fingerprint density at radius 2 is 2.28 bits per heavy atom. The predicted molar refractivity (Wildman–Crippen MR) is 66.1 cm³/mol. The second-order valence-corrected chi connectivity index (χ2v) is 3.80. The van der Waals surface area contributed by atoms with E-state index >= 15 is 0 Å². The van der Waals surface area contributed by atoms with Gasteiger partial charge < -0.3 is 10.6 Å². The lowest BCUT2D eigenvalue weighted by Crippen LogP contribution is -2.27. The van der Waals surface area contributed by atoms with Gasteiger partial charge in [0.25, 0.3) is 0 Å². The van der Waals surface area contributed by atoms with E-state index in [-0.39, 0.29) is 11.7 Å². The minimum atomic E-state index is -0.348. The van der Waals surface area contributed by atoms with Gasteiger partial charge in [-0.2, -0.15) is 5.26 Å². The normalized spacial score (nSPS) is 9.83. The van der Waals surface area contributed by atoms with E-state index in [0.717, 1.165) is 0 Å². The summed E-state index contributed by atoms with van der Waals surface area (Å²) in [5.41, 5.74) is 0.863. The molecule has 4 nitrogen and oxygen atoms in total. The number of hydrogen-bond acceptors (Lipinski definition) is 3. The van der Waals surface area contributed by atoms with Crippen LogP contribution in [0.15, 0.2) is 18.2 Å². The Labute approximate surface area is 106 Å². The zero-order valence-corrected chi connectivity index (χ0v) is 10.3. The topological polar surface area (TPSA) is 64.9 Å². The number of halogens is 1. The molecule has 0 radical (unpaired) electrons. The number of amides is 1. The third-order valence-corrected chi connectivity index (χ3v) is 2.39. The lowest BCUT2D eigenvalue weighted by molar-refractivity contribution is -0.120. The Bertz CT molecular complexity index is 454. The molecular formula is C13H16FN3O. The first-order chi connectivity index (χ1) is 8.67. The van der Waals surface area contributed by atoms with Gasteiger partial charge in [0.2, 0.25) is 5.91 Å². The first-order valence-corrected chi connectivity index (χ1v) is 5.83. The second-order valence-electron chi connectivity index (χ2n) is 3.80. The lowest BCUT2D eigenvalue weighted by Gasteiger charge is -2.06. The van der Waals surface area contributed by atoms with E-state index in [9.17, 15) is 9.18 Å². The SMILES string of the molecule is CCNC(=O)CCNCc1cc(C#N)ccc1F. The molecule has 2 N–H and O–H groups in total. The smallest absolute Gasteiger partial charge is 0.221 e. The number of nitrogens with zero attached hydrogens (tertiary/aromatic N) is 1. The number of carbonyl (C=O) groups excluding carboxylic acids is 1. The Morgan fingerprint density at radius 1 is 1.50 bits per heavy atom. The molecule has 0 heterocycles. The molecule has 0 fully saturated rings. The highest BCUT2D eigenvalue weighted by Crippen LogP contribution is 2.09. The number of rotatable bonds is 6. The zero-order valence-electron chi connectivity index (χ0n) is 10.3. The molecule has 0 aliphatic carbocycles. The highest BCUT2D eigenvalue weighted by molar-refractivity contribution is 5.75. The summed E-state index contributed by atoms with van der Waals surface area (Å²) in [7, 11) is 0. The van der Waals surface area contributed by atoms with E-state index in [0.29, 0.717) is 37.2 Å². The van der Waals surface area contributed by atoms with Crippen molar-refractivity contribution < 1.29 is 9.18 Å². The standard InChI is InChI=1S/C13H16FN3O/c1-2-17-13(18)5-6-16-9-11-7-10(8-15)3-4-12(11)14/h3-4,7,16H,2,5-6,9H2,1H3,(H,17,18). The molecule has 0 aliphatic rings. The summed E-state index contributed by atoms with van der Waals surface area (Å²) >= 11 is 0. The minimum Gasteiger partial charge on any atom is -0.356 e. The fourth-order valence-electron chi connectivity index (χ4n) is 1.49. The van der Waals surface area contributed by atoms with Crippen molar-refractivity contribution in [3.8, 4) is 6.07 Å². The predicted octanol–water partition coefficient (Wildman–Crippen LogP) is 1.31. The summed E-state index contributed by atoms with van der Waals surface area (Å²) in [4.78, 5) is 11.2. The molecule has 0 saturated heterocycles. The van der Waals surface area contributed by atoms with Crippen LogP contribution in [0.5, 0.6) is 0 Å². The van der Waals surface area contributed by atoms with Crippen LogP contribution in [0, 0.1) is 17.1 Å². The molecule has 0 unspecified atom stereocenters. The molecule has 1 amide bonds. The monoisotopic (exact) mass is 249 g/mol. The molecule has 0 bridgehead atoms. The van der Waals surface area contributed by atoms with Gasteiger partial charge in [-0.25, -0.2) is 4.39 Å². The number of hydrogen-bond donors (Lipinski definition) is 2. The first-order valence-electron chi connectivity index (χ1n) is 5.83. The average molecular weight is 249 g/mol. The van der Waals surface area contributed by atoms with Gasteiger partial charge >= 0.3 is 0 Å². The third kappa shape index (κ3) is 4.52. The number of nitrogens with one attached hydrogen (secondary N) is 2. The van der Waals surface area contributed by atoms with Gasteiger partial charge in [0.05, 0.1) is 11.6 Å². The van der Waals surface area contributed by atoms with Crippen molar-refractivity contribution in [1.29, 1.82) is 5.26 Å². The van der Waals surface area contributed by atoms with Crippen molar-refractivity contribution in [2.75, 3.05) is 13.1 Å². The van der Waals surface area contributed by atoms with Crippen LogP contribution in [0.3, 0.4) is 0 Å². The molecule has 18 heavy (non-hydrogen) atoms. The summed E-state index contributed by atoms with van der Waals surface area (Å²) in [6.07, 6.45) is 0.355. The van der Waals surface area contributed by atoms with Gasteiger partial charge in [0.1, 0.15) is 5.82 Å². The summed E-state index contributed by atoms with van der Waals surface area (Å²) in [6, 6.07) is 6.18. The Balaban J connectivity index is 2.40. The Kier molecular flexibility index (Phi) is 5.81. The Hall–Kier alpha value is -1.93. The van der Waals surface area contributed by atoms with Crippen LogP contribution in [0.1, 0.15) is 24.5 Å². The zero-order chi connectivity index (χ0) is 13.4.